The molecule has 4 nitrogen and oxygen atoms in total. The maximum atomic E-state index is 13.6. The van der Waals surface area contributed by atoms with Gasteiger partial charge in [-0.25, -0.2) is 13.8 Å². The Morgan fingerprint density at radius 1 is 1.28 bits per heavy atom. The van der Waals surface area contributed by atoms with Gasteiger partial charge in [0.1, 0.15) is 11.7 Å². The number of rotatable bonds is 3. The third-order valence-corrected chi connectivity index (χ3v) is 5.37. The second-order valence-corrected chi connectivity index (χ2v) is 6.79. The number of fused-ring (bicyclic) bond motifs is 1. The zero-order valence-corrected chi connectivity index (χ0v) is 13.8. The molecule has 0 aromatic heterocycles. The first-order valence-corrected chi connectivity index (χ1v) is 8.30. The lowest BCUT2D eigenvalue weighted by atomic mass is 9.98. The van der Waals surface area contributed by atoms with E-state index in [9.17, 15) is 8.78 Å². The lowest BCUT2D eigenvalue weighted by Gasteiger charge is -2.34. The van der Waals surface area contributed by atoms with Crippen LogP contribution in [-0.4, -0.2) is 18.8 Å². The Hall–Kier alpha value is -2.68. The fraction of sp³-hybridized carbons (Fsp3) is 0.368. The summed E-state index contributed by atoms with van der Waals surface area (Å²) in [6.07, 6.45) is 2.73. The number of nitriles is 1. The summed E-state index contributed by atoms with van der Waals surface area (Å²) in [5.41, 5.74) is 2.13. The van der Waals surface area contributed by atoms with Crippen molar-refractivity contribution in [3.05, 3.63) is 54.0 Å². The molecule has 1 aliphatic heterocycles. The van der Waals surface area contributed by atoms with Gasteiger partial charge in [-0.2, -0.15) is 5.26 Å². The van der Waals surface area contributed by atoms with Gasteiger partial charge in [-0.15, -0.1) is 0 Å². The normalized spacial score (nSPS) is 29.4. The molecule has 3 aliphatic rings. The first kappa shape index (κ1) is 15.8. The van der Waals surface area contributed by atoms with Gasteiger partial charge in [0.25, 0.3) is 5.92 Å². The molecule has 2 saturated carbocycles. The summed E-state index contributed by atoms with van der Waals surface area (Å²) in [6.45, 7) is 4.11. The van der Waals surface area contributed by atoms with Gasteiger partial charge in [-0.1, -0.05) is 6.58 Å². The van der Waals surface area contributed by atoms with E-state index in [0.717, 1.165) is 17.2 Å². The molecule has 1 heterocycles. The quantitative estimate of drug-likeness (QED) is 0.914. The molecule has 128 valence electrons. The molecule has 0 saturated heterocycles. The Labute approximate surface area is 145 Å². The number of hydrogen-bond donors (Lipinski definition) is 1. The Kier molecular flexibility index (Phi) is 3.43. The predicted octanol–water partition coefficient (Wildman–Crippen LogP) is 3.64. The van der Waals surface area contributed by atoms with Crippen molar-refractivity contribution >= 4 is 11.5 Å². The summed E-state index contributed by atoms with van der Waals surface area (Å²) in [6, 6.07) is 9.23. The van der Waals surface area contributed by atoms with Gasteiger partial charge in [-0.05, 0) is 37.1 Å². The molecule has 0 spiro atoms. The number of anilines is 1. The minimum absolute atomic E-state index is 0.0148. The maximum Gasteiger partial charge on any atom is 0.254 e. The Bertz CT molecular complexity index is 818. The van der Waals surface area contributed by atoms with Gasteiger partial charge >= 0.3 is 0 Å². The SMILES string of the molecule is C=C1C=C(NC)N=C(C2C[C@@H]3[C@H](C2)C3(F)F)N1c1ccc(C#N)cc1. The summed E-state index contributed by atoms with van der Waals surface area (Å²) < 4.78 is 27.2. The fourth-order valence-corrected chi connectivity index (χ4v) is 3.98. The van der Waals surface area contributed by atoms with Gasteiger partial charge in [0, 0.05) is 42.3 Å². The van der Waals surface area contributed by atoms with E-state index in [4.69, 9.17) is 5.26 Å². The van der Waals surface area contributed by atoms with E-state index in [0.29, 0.717) is 24.2 Å². The van der Waals surface area contributed by atoms with Crippen LogP contribution in [0.4, 0.5) is 14.5 Å². The molecular weight excluding hydrogens is 322 g/mol. The average molecular weight is 340 g/mol. The van der Waals surface area contributed by atoms with Gasteiger partial charge in [0.2, 0.25) is 0 Å². The minimum atomic E-state index is -2.50. The highest BCUT2D eigenvalue weighted by Gasteiger charge is 2.72. The smallest absolute Gasteiger partial charge is 0.254 e. The average Bonchev–Trinajstić information content (AvgIpc) is 2.97. The fourth-order valence-electron chi connectivity index (χ4n) is 3.98. The van der Waals surface area contributed by atoms with Crippen LogP contribution in [-0.2, 0) is 0 Å². The molecule has 2 aliphatic carbocycles. The molecule has 0 bridgehead atoms. The van der Waals surface area contributed by atoms with Crippen molar-refractivity contribution in [1.29, 1.82) is 5.26 Å². The van der Waals surface area contributed by atoms with Crippen LogP contribution >= 0.6 is 0 Å². The largest absolute Gasteiger partial charge is 0.373 e. The molecule has 25 heavy (non-hydrogen) atoms. The zero-order valence-electron chi connectivity index (χ0n) is 13.8. The predicted molar refractivity (Wildman–Crippen MR) is 92.0 cm³/mol. The van der Waals surface area contributed by atoms with Crippen molar-refractivity contribution in [2.24, 2.45) is 22.7 Å². The van der Waals surface area contributed by atoms with Crippen molar-refractivity contribution in [1.82, 2.24) is 5.32 Å². The topological polar surface area (TPSA) is 51.4 Å². The first-order valence-electron chi connectivity index (χ1n) is 8.30. The van der Waals surface area contributed by atoms with Gasteiger partial charge in [-0.3, -0.25) is 4.90 Å². The Morgan fingerprint density at radius 3 is 2.48 bits per heavy atom. The number of halogens is 2. The van der Waals surface area contributed by atoms with Gasteiger partial charge in [0.15, 0.2) is 0 Å². The van der Waals surface area contributed by atoms with E-state index in [1.165, 1.54) is 0 Å². The summed E-state index contributed by atoms with van der Waals surface area (Å²) in [5, 5.41) is 12.0. The van der Waals surface area contributed by atoms with Crippen LogP contribution in [0.5, 0.6) is 0 Å². The summed E-state index contributed by atoms with van der Waals surface area (Å²) in [7, 11) is 1.78. The number of aliphatic imine (C=N–C) groups is 1. The van der Waals surface area contributed by atoms with Crippen molar-refractivity contribution in [3.63, 3.8) is 0 Å². The van der Waals surface area contributed by atoms with Crippen LogP contribution in [0.1, 0.15) is 18.4 Å². The molecule has 1 unspecified atom stereocenters. The van der Waals surface area contributed by atoms with E-state index < -0.39 is 17.8 Å². The standard InChI is InChI=1S/C19H18F2N4/c1-11-7-17(23-2)24-18(13-8-15-16(9-13)19(15,20)21)25(11)14-5-3-12(10-22)4-6-14/h3-7,13,15-16,23H,1,8-9H2,2H3/t13?,15-,16+. The zero-order chi connectivity index (χ0) is 17.8. The van der Waals surface area contributed by atoms with Crippen LogP contribution in [0.15, 0.2) is 53.4 Å². The molecule has 1 N–H and O–H groups in total. The number of alkyl halides is 2. The van der Waals surface area contributed by atoms with E-state index in [-0.39, 0.29) is 5.92 Å². The summed E-state index contributed by atoms with van der Waals surface area (Å²) in [4.78, 5) is 6.57. The molecule has 0 amide bonds. The lowest BCUT2D eigenvalue weighted by Crippen LogP contribution is -2.38. The number of amidine groups is 1. The Balaban J connectivity index is 1.67. The highest BCUT2D eigenvalue weighted by atomic mass is 19.3. The highest BCUT2D eigenvalue weighted by Crippen LogP contribution is 2.66. The lowest BCUT2D eigenvalue weighted by molar-refractivity contribution is 0.0687. The number of nitrogens with zero attached hydrogens (tertiary/aromatic N) is 3. The van der Waals surface area contributed by atoms with Crippen molar-refractivity contribution in [2.75, 3.05) is 11.9 Å². The monoisotopic (exact) mass is 340 g/mol. The van der Waals surface area contributed by atoms with Crippen molar-refractivity contribution in [2.45, 2.75) is 18.8 Å². The highest BCUT2D eigenvalue weighted by molar-refractivity contribution is 6.04. The Morgan fingerprint density at radius 2 is 1.92 bits per heavy atom. The summed E-state index contributed by atoms with van der Waals surface area (Å²) in [5.74, 6) is -2.11. The second kappa shape index (κ2) is 5.41. The minimum Gasteiger partial charge on any atom is -0.373 e. The number of hydrogen-bond acceptors (Lipinski definition) is 4. The van der Waals surface area contributed by atoms with Gasteiger partial charge < -0.3 is 5.32 Å². The maximum absolute atomic E-state index is 13.6. The van der Waals surface area contributed by atoms with E-state index >= 15 is 0 Å². The van der Waals surface area contributed by atoms with Crippen molar-refractivity contribution in [3.8, 4) is 6.07 Å². The molecule has 6 heteroatoms. The molecule has 1 aromatic carbocycles. The molecule has 0 radical (unpaired) electrons. The molecular formula is C19H18F2N4. The number of benzene rings is 1. The number of nitrogens with one attached hydrogen (secondary N) is 1. The first-order chi connectivity index (χ1) is 12.0. The van der Waals surface area contributed by atoms with E-state index in [2.05, 4.69) is 23.0 Å². The molecule has 1 aromatic rings. The van der Waals surface area contributed by atoms with E-state index in [1.807, 2.05) is 23.1 Å². The molecule has 4 rings (SSSR count). The van der Waals surface area contributed by atoms with Crippen LogP contribution in [0, 0.1) is 29.1 Å². The third kappa shape index (κ3) is 2.42. The van der Waals surface area contributed by atoms with E-state index in [1.54, 1.807) is 19.2 Å². The molecule has 2 fully saturated rings. The van der Waals surface area contributed by atoms with Crippen LogP contribution in [0.2, 0.25) is 0 Å². The second-order valence-electron chi connectivity index (χ2n) is 6.79. The van der Waals surface area contributed by atoms with Crippen LogP contribution in [0.25, 0.3) is 0 Å². The van der Waals surface area contributed by atoms with Crippen LogP contribution in [0.3, 0.4) is 0 Å². The van der Waals surface area contributed by atoms with Gasteiger partial charge in [0.05, 0.1) is 11.6 Å². The number of allylic oxidation sites excluding steroid dienone is 1. The van der Waals surface area contributed by atoms with Crippen molar-refractivity contribution < 1.29 is 8.78 Å². The molecule has 3 atom stereocenters. The third-order valence-electron chi connectivity index (χ3n) is 5.37. The van der Waals surface area contributed by atoms with Crippen LogP contribution < -0.4 is 10.2 Å². The summed E-state index contributed by atoms with van der Waals surface area (Å²) >= 11 is 0.